The van der Waals surface area contributed by atoms with Crippen LogP contribution in [0.25, 0.3) is 10.2 Å². The van der Waals surface area contributed by atoms with Crippen molar-refractivity contribution in [2.24, 2.45) is 0 Å². The number of aromatic nitrogens is 1. The zero-order chi connectivity index (χ0) is 18.7. The standard InChI is InChI=1S/C17H15N3O5S/c1-3-25-12-6-4-5-10(7-12)16(21)19-17-18-15-13(24-2)8-11(20(22)23)9-14(15)26-17/h4-9H,3H2,1-2H3,(H,18,19,21). The van der Waals surface area contributed by atoms with Gasteiger partial charge in [0.1, 0.15) is 11.3 Å². The van der Waals surface area contributed by atoms with E-state index in [1.54, 1.807) is 24.3 Å². The molecule has 0 radical (unpaired) electrons. The van der Waals surface area contributed by atoms with Crippen molar-refractivity contribution in [2.45, 2.75) is 6.92 Å². The van der Waals surface area contributed by atoms with Crippen molar-refractivity contribution in [1.29, 1.82) is 0 Å². The summed E-state index contributed by atoms with van der Waals surface area (Å²) < 4.78 is 11.1. The minimum Gasteiger partial charge on any atom is -0.494 e. The van der Waals surface area contributed by atoms with Gasteiger partial charge < -0.3 is 9.47 Å². The number of hydrogen-bond donors (Lipinski definition) is 1. The first-order valence-corrected chi connectivity index (χ1v) is 8.50. The fourth-order valence-corrected chi connectivity index (χ4v) is 3.27. The molecule has 1 heterocycles. The first-order chi connectivity index (χ1) is 12.5. The first kappa shape index (κ1) is 17.6. The van der Waals surface area contributed by atoms with Gasteiger partial charge >= 0.3 is 0 Å². The second kappa shape index (κ2) is 7.36. The van der Waals surface area contributed by atoms with Crippen molar-refractivity contribution in [2.75, 3.05) is 19.0 Å². The number of hydrogen-bond acceptors (Lipinski definition) is 7. The lowest BCUT2D eigenvalue weighted by Crippen LogP contribution is -2.11. The average molecular weight is 373 g/mol. The SMILES string of the molecule is CCOc1cccc(C(=O)Nc2nc3c(OC)cc([N+](=O)[O-])cc3s2)c1. The van der Waals surface area contributed by atoms with E-state index >= 15 is 0 Å². The molecule has 0 fully saturated rings. The molecule has 0 aliphatic carbocycles. The molecule has 26 heavy (non-hydrogen) atoms. The van der Waals surface area contributed by atoms with E-state index < -0.39 is 4.92 Å². The highest BCUT2D eigenvalue weighted by molar-refractivity contribution is 7.22. The van der Waals surface area contributed by atoms with Gasteiger partial charge in [-0.15, -0.1) is 0 Å². The van der Waals surface area contributed by atoms with Gasteiger partial charge in [0, 0.05) is 11.6 Å². The molecule has 9 heteroatoms. The van der Waals surface area contributed by atoms with Crippen LogP contribution in [0.3, 0.4) is 0 Å². The number of anilines is 1. The molecule has 3 aromatic rings. The van der Waals surface area contributed by atoms with Gasteiger partial charge in [0.25, 0.3) is 11.6 Å². The van der Waals surface area contributed by atoms with E-state index in [0.717, 1.165) is 11.3 Å². The van der Waals surface area contributed by atoms with Crippen LogP contribution in [-0.2, 0) is 0 Å². The number of nitrogens with zero attached hydrogens (tertiary/aromatic N) is 2. The summed E-state index contributed by atoms with van der Waals surface area (Å²) in [5, 5.41) is 14.0. The number of ether oxygens (including phenoxy) is 2. The molecule has 0 bridgehead atoms. The molecular weight excluding hydrogens is 358 g/mol. The molecule has 0 aliphatic rings. The van der Waals surface area contributed by atoms with Crippen LogP contribution >= 0.6 is 11.3 Å². The lowest BCUT2D eigenvalue weighted by Gasteiger charge is -2.05. The van der Waals surface area contributed by atoms with Crippen molar-refractivity contribution in [1.82, 2.24) is 4.98 Å². The molecule has 0 aliphatic heterocycles. The summed E-state index contributed by atoms with van der Waals surface area (Å²) in [6, 6.07) is 9.50. The molecule has 1 amide bonds. The molecule has 8 nitrogen and oxygen atoms in total. The van der Waals surface area contributed by atoms with Crippen LogP contribution in [0.15, 0.2) is 36.4 Å². The number of nitrogens with one attached hydrogen (secondary N) is 1. The number of carbonyl (C=O) groups excluding carboxylic acids is 1. The minimum atomic E-state index is -0.501. The lowest BCUT2D eigenvalue weighted by atomic mass is 10.2. The number of nitro benzene ring substituents is 1. The number of amides is 1. The van der Waals surface area contributed by atoms with Gasteiger partial charge in [-0.1, -0.05) is 17.4 Å². The molecule has 1 N–H and O–H groups in total. The second-order valence-electron chi connectivity index (χ2n) is 5.19. The number of thiazole rings is 1. The van der Waals surface area contributed by atoms with Crippen LogP contribution in [0.5, 0.6) is 11.5 Å². The Labute approximate surface area is 152 Å². The Morgan fingerprint density at radius 3 is 2.85 bits per heavy atom. The molecule has 2 aromatic carbocycles. The van der Waals surface area contributed by atoms with Crippen LogP contribution in [0.4, 0.5) is 10.8 Å². The van der Waals surface area contributed by atoms with Crippen molar-refractivity contribution >= 4 is 38.3 Å². The van der Waals surface area contributed by atoms with Crippen LogP contribution < -0.4 is 14.8 Å². The van der Waals surface area contributed by atoms with Crippen LogP contribution in [0.1, 0.15) is 17.3 Å². The van der Waals surface area contributed by atoms with Gasteiger partial charge in [0.05, 0.1) is 29.4 Å². The van der Waals surface area contributed by atoms with Crippen LogP contribution in [-0.4, -0.2) is 29.5 Å². The summed E-state index contributed by atoms with van der Waals surface area (Å²) in [4.78, 5) is 27.3. The Hall–Kier alpha value is -3.20. The topological polar surface area (TPSA) is 104 Å². The fourth-order valence-electron chi connectivity index (χ4n) is 2.36. The monoisotopic (exact) mass is 373 g/mol. The summed E-state index contributed by atoms with van der Waals surface area (Å²) in [5.74, 6) is 0.533. The Morgan fingerprint density at radius 1 is 1.35 bits per heavy atom. The van der Waals surface area contributed by atoms with E-state index in [9.17, 15) is 14.9 Å². The Bertz CT molecular complexity index is 986. The Morgan fingerprint density at radius 2 is 2.15 bits per heavy atom. The number of carbonyl (C=O) groups is 1. The van der Waals surface area contributed by atoms with Gasteiger partial charge in [-0.3, -0.25) is 20.2 Å². The molecule has 0 unspecified atom stereocenters. The van der Waals surface area contributed by atoms with Gasteiger partial charge in [-0.05, 0) is 25.1 Å². The number of nitro groups is 1. The number of rotatable bonds is 6. The summed E-state index contributed by atoms with van der Waals surface area (Å²) in [6.45, 7) is 2.36. The molecule has 0 spiro atoms. The van der Waals surface area contributed by atoms with E-state index in [1.807, 2.05) is 6.92 Å². The molecular formula is C17H15N3O5S. The third kappa shape index (κ3) is 3.57. The number of non-ortho nitro benzene ring substituents is 1. The van der Waals surface area contributed by atoms with E-state index in [1.165, 1.54) is 19.2 Å². The minimum absolute atomic E-state index is 0.0970. The maximum atomic E-state index is 12.4. The number of fused-ring (bicyclic) bond motifs is 1. The van der Waals surface area contributed by atoms with E-state index in [0.29, 0.717) is 33.3 Å². The molecule has 0 saturated heterocycles. The zero-order valence-electron chi connectivity index (χ0n) is 14.0. The van der Waals surface area contributed by atoms with Crippen molar-refractivity contribution in [3.8, 4) is 11.5 Å². The second-order valence-corrected chi connectivity index (χ2v) is 6.22. The lowest BCUT2D eigenvalue weighted by molar-refractivity contribution is -0.384. The Kier molecular flexibility index (Phi) is 4.99. The summed E-state index contributed by atoms with van der Waals surface area (Å²) in [6.07, 6.45) is 0. The highest BCUT2D eigenvalue weighted by atomic mass is 32.1. The smallest absolute Gasteiger partial charge is 0.274 e. The summed E-state index contributed by atoms with van der Waals surface area (Å²) in [7, 11) is 1.41. The molecule has 0 atom stereocenters. The van der Waals surface area contributed by atoms with Gasteiger partial charge in [-0.2, -0.15) is 0 Å². The fraction of sp³-hybridized carbons (Fsp3) is 0.176. The summed E-state index contributed by atoms with van der Waals surface area (Å²) >= 11 is 1.14. The third-order valence-electron chi connectivity index (χ3n) is 3.50. The maximum Gasteiger partial charge on any atom is 0.274 e. The van der Waals surface area contributed by atoms with Crippen LogP contribution in [0, 0.1) is 10.1 Å². The largest absolute Gasteiger partial charge is 0.494 e. The van der Waals surface area contributed by atoms with Crippen molar-refractivity contribution in [3.05, 3.63) is 52.1 Å². The Balaban J connectivity index is 1.90. The number of benzene rings is 2. The van der Waals surface area contributed by atoms with Gasteiger partial charge in [0.15, 0.2) is 10.9 Å². The average Bonchev–Trinajstić information content (AvgIpc) is 3.03. The third-order valence-corrected chi connectivity index (χ3v) is 4.42. The molecule has 0 saturated carbocycles. The van der Waals surface area contributed by atoms with E-state index in [4.69, 9.17) is 9.47 Å². The zero-order valence-corrected chi connectivity index (χ0v) is 14.8. The maximum absolute atomic E-state index is 12.4. The highest BCUT2D eigenvalue weighted by Crippen LogP contribution is 2.36. The van der Waals surface area contributed by atoms with Crippen molar-refractivity contribution in [3.63, 3.8) is 0 Å². The predicted molar refractivity (Wildman–Crippen MR) is 98.4 cm³/mol. The summed E-state index contributed by atoms with van der Waals surface area (Å²) in [5.41, 5.74) is 0.787. The van der Waals surface area contributed by atoms with Crippen LogP contribution in [0.2, 0.25) is 0 Å². The molecule has 134 valence electrons. The first-order valence-electron chi connectivity index (χ1n) is 7.69. The van der Waals surface area contributed by atoms with Gasteiger partial charge in [-0.25, -0.2) is 4.98 Å². The molecule has 1 aromatic heterocycles. The van der Waals surface area contributed by atoms with E-state index in [-0.39, 0.29) is 17.3 Å². The normalized spacial score (nSPS) is 10.5. The predicted octanol–water partition coefficient (Wildman–Crippen LogP) is 3.86. The van der Waals surface area contributed by atoms with Crippen molar-refractivity contribution < 1.29 is 19.2 Å². The highest BCUT2D eigenvalue weighted by Gasteiger charge is 2.17. The van der Waals surface area contributed by atoms with E-state index in [2.05, 4.69) is 10.3 Å². The number of methoxy groups -OCH3 is 1. The molecule has 3 rings (SSSR count). The van der Waals surface area contributed by atoms with Gasteiger partial charge in [0.2, 0.25) is 0 Å². The quantitative estimate of drug-likeness (QED) is 0.520.